The number of benzene rings is 3. The van der Waals surface area contributed by atoms with Gasteiger partial charge in [0, 0.05) is 6.42 Å². The molecule has 30 heavy (non-hydrogen) atoms. The van der Waals surface area contributed by atoms with Gasteiger partial charge in [-0.05, 0) is 42.0 Å². The molecule has 0 aromatic heterocycles. The van der Waals surface area contributed by atoms with Gasteiger partial charge < -0.3 is 5.32 Å². The first-order valence-corrected chi connectivity index (χ1v) is 10.2. The first-order valence-electron chi connectivity index (χ1n) is 9.26. The molecule has 3 aromatic rings. The summed E-state index contributed by atoms with van der Waals surface area (Å²) < 4.78 is 27.1. The molecule has 0 spiro atoms. The minimum absolute atomic E-state index is 0.0754. The quantitative estimate of drug-likeness (QED) is 0.571. The number of anilines is 1. The Labute approximate surface area is 176 Å². The van der Waals surface area contributed by atoms with Gasteiger partial charge in [-0.3, -0.25) is 9.79 Å². The number of hydrogen-bond acceptors (Lipinski definition) is 4. The van der Waals surface area contributed by atoms with Crippen molar-refractivity contribution in [3.8, 4) is 0 Å². The lowest BCUT2D eigenvalue weighted by Gasteiger charge is -2.09. The molecular formula is C23H17F2N3OS. The summed E-state index contributed by atoms with van der Waals surface area (Å²) in [7, 11) is 0. The van der Waals surface area contributed by atoms with Gasteiger partial charge in [0.1, 0.15) is 11.6 Å². The molecular weight excluding hydrogens is 404 g/mol. The average molecular weight is 421 g/mol. The maximum absolute atomic E-state index is 13.7. The number of thioether (sulfide) groups is 1. The summed E-state index contributed by atoms with van der Waals surface area (Å²) in [5.74, 6) is -1.05. The standard InChI is InChI=1S/C23H17F2N3OS/c24-16-11-9-15(10-12-16)21-13-23(28-20-8-4-3-7-19(20)26-21)30-14-22(29)27-18-6-2-1-5-17(18)25/h1-12H,13-14H2,(H,27,29). The van der Waals surface area contributed by atoms with Gasteiger partial charge in [0.2, 0.25) is 5.91 Å². The number of nitrogens with one attached hydrogen (secondary N) is 1. The van der Waals surface area contributed by atoms with Crippen LogP contribution in [0.4, 0.5) is 25.8 Å². The first kappa shape index (κ1) is 20.0. The van der Waals surface area contributed by atoms with Gasteiger partial charge in [0.05, 0.1) is 33.6 Å². The number of para-hydroxylation sites is 3. The van der Waals surface area contributed by atoms with Crippen LogP contribution in [0.3, 0.4) is 0 Å². The van der Waals surface area contributed by atoms with E-state index in [0.717, 1.165) is 11.3 Å². The third-order valence-electron chi connectivity index (χ3n) is 4.40. The minimum atomic E-state index is -0.484. The summed E-state index contributed by atoms with van der Waals surface area (Å²) in [6, 6.07) is 19.6. The summed E-state index contributed by atoms with van der Waals surface area (Å²) >= 11 is 1.27. The van der Waals surface area contributed by atoms with Gasteiger partial charge in [-0.15, -0.1) is 11.8 Å². The van der Waals surface area contributed by atoms with Crippen LogP contribution in [0, 0.1) is 11.6 Å². The van der Waals surface area contributed by atoms with E-state index in [1.165, 1.54) is 36.0 Å². The molecule has 1 heterocycles. The lowest BCUT2D eigenvalue weighted by molar-refractivity contribution is -0.113. The fourth-order valence-corrected chi connectivity index (χ4v) is 3.72. The van der Waals surface area contributed by atoms with E-state index in [1.54, 1.807) is 24.3 Å². The average Bonchev–Trinajstić information content (AvgIpc) is 2.94. The van der Waals surface area contributed by atoms with Crippen LogP contribution in [-0.2, 0) is 4.79 Å². The summed E-state index contributed by atoms with van der Waals surface area (Å²) in [6.07, 6.45) is 0.401. The molecule has 0 radical (unpaired) electrons. The fraction of sp³-hybridized carbons (Fsp3) is 0.0870. The van der Waals surface area contributed by atoms with Crippen molar-refractivity contribution in [3.05, 3.63) is 90.0 Å². The Kier molecular flexibility index (Phi) is 5.99. The van der Waals surface area contributed by atoms with Gasteiger partial charge in [0.25, 0.3) is 0 Å². The zero-order valence-electron chi connectivity index (χ0n) is 15.8. The van der Waals surface area contributed by atoms with Gasteiger partial charge >= 0.3 is 0 Å². The van der Waals surface area contributed by atoms with E-state index in [1.807, 2.05) is 24.3 Å². The van der Waals surface area contributed by atoms with Gasteiger partial charge in [-0.1, -0.05) is 36.4 Å². The molecule has 0 fully saturated rings. The summed E-state index contributed by atoms with van der Waals surface area (Å²) in [5, 5.41) is 3.27. The Hall–Kier alpha value is -3.32. The molecule has 0 aliphatic carbocycles. The van der Waals surface area contributed by atoms with E-state index in [-0.39, 0.29) is 23.2 Å². The molecule has 7 heteroatoms. The van der Waals surface area contributed by atoms with E-state index < -0.39 is 5.82 Å². The van der Waals surface area contributed by atoms with Crippen LogP contribution in [-0.4, -0.2) is 22.4 Å². The molecule has 0 atom stereocenters. The first-order chi connectivity index (χ1) is 14.6. The number of nitrogens with zero attached hydrogens (tertiary/aromatic N) is 2. The maximum atomic E-state index is 13.7. The van der Waals surface area contributed by atoms with Crippen molar-refractivity contribution in [1.29, 1.82) is 0 Å². The molecule has 0 saturated carbocycles. The molecule has 1 N–H and O–H groups in total. The molecule has 1 amide bonds. The van der Waals surface area contributed by atoms with E-state index in [4.69, 9.17) is 4.99 Å². The lowest BCUT2D eigenvalue weighted by Crippen LogP contribution is -2.17. The summed E-state index contributed by atoms with van der Waals surface area (Å²) in [6.45, 7) is 0. The van der Waals surface area contributed by atoms with E-state index in [9.17, 15) is 13.6 Å². The second kappa shape index (κ2) is 9.00. The highest BCUT2D eigenvalue weighted by Crippen LogP contribution is 2.33. The zero-order chi connectivity index (χ0) is 20.9. The molecule has 0 bridgehead atoms. The molecule has 0 unspecified atom stereocenters. The molecule has 1 aliphatic heterocycles. The van der Waals surface area contributed by atoms with Crippen molar-refractivity contribution >= 4 is 45.5 Å². The van der Waals surface area contributed by atoms with Crippen LogP contribution in [0.25, 0.3) is 0 Å². The number of amides is 1. The number of carbonyl (C=O) groups is 1. The van der Waals surface area contributed by atoms with E-state index in [0.29, 0.717) is 22.8 Å². The van der Waals surface area contributed by atoms with Crippen molar-refractivity contribution in [2.24, 2.45) is 9.98 Å². The maximum Gasteiger partial charge on any atom is 0.234 e. The Balaban J connectivity index is 1.53. The normalized spacial score (nSPS) is 13.0. The highest BCUT2D eigenvalue weighted by atomic mass is 32.2. The largest absolute Gasteiger partial charge is 0.323 e. The predicted octanol–water partition coefficient (Wildman–Crippen LogP) is 5.89. The highest BCUT2D eigenvalue weighted by Gasteiger charge is 2.17. The Morgan fingerprint density at radius 2 is 1.57 bits per heavy atom. The van der Waals surface area contributed by atoms with Crippen LogP contribution < -0.4 is 5.32 Å². The third kappa shape index (κ3) is 4.80. The minimum Gasteiger partial charge on any atom is -0.323 e. The Bertz CT molecular complexity index is 1140. The van der Waals surface area contributed by atoms with Crippen molar-refractivity contribution in [1.82, 2.24) is 0 Å². The predicted molar refractivity (Wildman–Crippen MR) is 118 cm³/mol. The smallest absolute Gasteiger partial charge is 0.234 e. The second-order valence-corrected chi connectivity index (χ2v) is 7.60. The number of fused-ring (bicyclic) bond motifs is 1. The van der Waals surface area contributed by atoms with Crippen molar-refractivity contribution in [2.45, 2.75) is 6.42 Å². The molecule has 4 nitrogen and oxygen atoms in total. The fourth-order valence-electron chi connectivity index (χ4n) is 2.95. The van der Waals surface area contributed by atoms with Gasteiger partial charge in [-0.2, -0.15) is 0 Å². The van der Waals surface area contributed by atoms with Crippen LogP contribution in [0.5, 0.6) is 0 Å². The Morgan fingerprint density at radius 1 is 0.900 bits per heavy atom. The molecule has 4 rings (SSSR count). The number of halogens is 2. The van der Waals surface area contributed by atoms with Crippen molar-refractivity contribution < 1.29 is 13.6 Å². The molecule has 1 aliphatic rings. The topological polar surface area (TPSA) is 53.8 Å². The van der Waals surface area contributed by atoms with Crippen LogP contribution >= 0.6 is 11.8 Å². The highest BCUT2D eigenvalue weighted by molar-refractivity contribution is 8.14. The second-order valence-electron chi connectivity index (χ2n) is 6.55. The van der Waals surface area contributed by atoms with Crippen LogP contribution in [0.1, 0.15) is 12.0 Å². The van der Waals surface area contributed by atoms with E-state index >= 15 is 0 Å². The summed E-state index contributed by atoms with van der Waals surface area (Å²) in [5.41, 5.74) is 3.08. The van der Waals surface area contributed by atoms with Crippen LogP contribution in [0.2, 0.25) is 0 Å². The number of rotatable bonds is 4. The SMILES string of the molecule is O=C(CSC1=Nc2ccccc2N=C(c2ccc(F)cc2)C1)Nc1ccccc1F. The zero-order valence-corrected chi connectivity index (χ0v) is 16.6. The van der Waals surface area contributed by atoms with Crippen molar-refractivity contribution in [2.75, 3.05) is 11.1 Å². The number of carbonyl (C=O) groups excluding carboxylic acids is 1. The molecule has 3 aromatic carbocycles. The Morgan fingerprint density at radius 3 is 2.30 bits per heavy atom. The molecule has 150 valence electrons. The van der Waals surface area contributed by atoms with Gasteiger partial charge in [0.15, 0.2) is 0 Å². The monoisotopic (exact) mass is 421 g/mol. The third-order valence-corrected chi connectivity index (χ3v) is 5.37. The lowest BCUT2D eigenvalue weighted by atomic mass is 10.1. The summed E-state index contributed by atoms with van der Waals surface area (Å²) in [4.78, 5) is 21.7. The van der Waals surface area contributed by atoms with Gasteiger partial charge in [-0.25, -0.2) is 13.8 Å². The number of aliphatic imine (C=N–C) groups is 2. The number of hydrogen-bond donors (Lipinski definition) is 1. The van der Waals surface area contributed by atoms with E-state index in [2.05, 4.69) is 10.3 Å². The molecule has 0 saturated heterocycles. The van der Waals surface area contributed by atoms with Crippen LogP contribution in [0.15, 0.2) is 82.8 Å². The van der Waals surface area contributed by atoms with Crippen molar-refractivity contribution in [3.63, 3.8) is 0 Å².